The van der Waals surface area contributed by atoms with Crippen molar-refractivity contribution in [2.45, 2.75) is 53.0 Å². The molecular formula is C13H27NO2. The van der Waals surface area contributed by atoms with Gasteiger partial charge in [-0.2, -0.15) is 0 Å². The molecule has 0 amide bonds. The summed E-state index contributed by atoms with van der Waals surface area (Å²) in [5.74, 6) is 0.225. The Labute approximate surface area is 100 Å². The highest BCUT2D eigenvalue weighted by Gasteiger charge is 2.38. The minimum absolute atomic E-state index is 0.225. The molecular weight excluding hydrogens is 202 g/mol. The number of Topliss-reactive ketones (excluding diaryl/α,β-unsaturated/α-hetero) is 1. The van der Waals surface area contributed by atoms with Crippen molar-refractivity contribution in [3.63, 3.8) is 0 Å². The van der Waals surface area contributed by atoms with E-state index in [0.29, 0.717) is 6.61 Å². The molecule has 0 unspecified atom stereocenters. The van der Waals surface area contributed by atoms with Gasteiger partial charge in [0.15, 0.2) is 5.78 Å². The predicted molar refractivity (Wildman–Crippen MR) is 67.7 cm³/mol. The van der Waals surface area contributed by atoms with Crippen LogP contribution in [-0.2, 0) is 9.53 Å². The van der Waals surface area contributed by atoms with Crippen LogP contribution in [0, 0.1) is 0 Å². The monoisotopic (exact) mass is 229 g/mol. The Balaban J connectivity index is 4.84. The van der Waals surface area contributed by atoms with Crippen LogP contribution in [0.5, 0.6) is 0 Å². The molecule has 0 heterocycles. The third kappa shape index (κ3) is 3.29. The number of likely N-dealkylation sites (N-methyl/N-ethyl adjacent to an activating group) is 1. The smallest absolute Gasteiger partial charge is 0.178 e. The first-order valence-electron chi connectivity index (χ1n) is 6.48. The zero-order valence-corrected chi connectivity index (χ0v) is 11.5. The van der Waals surface area contributed by atoms with Gasteiger partial charge in [-0.25, -0.2) is 0 Å². The fourth-order valence-corrected chi connectivity index (χ4v) is 2.43. The molecule has 0 aromatic rings. The van der Waals surface area contributed by atoms with Crippen molar-refractivity contribution in [1.29, 1.82) is 0 Å². The molecule has 0 atom stereocenters. The van der Waals surface area contributed by atoms with Crippen molar-refractivity contribution >= 4 is 5.78 Å². The summed E-state index contributed by atoms with van der Waals surface area (Å²) < 4.78 is 5.27. The molecule has 0 aliphatic heterocycles. The lowest BCUT2D eigenvalue weighted by atomic mass is 9.86. The van der Waals surface area contributed by atoms with Crippen molar-refractivity contribution < 1.29 is 9.53 Å². The van der Waals surface area contributed by atoms with Gasteiger partial charge in [-0.1, -0.05) is 27.7 Å². The van der Waals surface area contributed by atoms with E-state index in [4.69, 9.17) is 4.74 Å². The molecule has 0 saturated heterocycles. The first-order chi connectivity index (χ1) is 7.62. The van der Waals surface area contributed by atoms with E-state index in [1.165, 1.54) is 0 Å². The Morgan fingerprint density at radius 3 is 1.88 bits per heavy atom. The molecule has 0 spiro atoms. The maximum atomic E-state index is 12.3. The molecule has 0 aromatic carbocycles. The Bertz CT molecular complexity index is 196. The summed E-state index contributed by atoms with van der Waals surface area (Å²) >= 11 is 0. The first-order valence-corrected chi connectivity index (χ1v) is 6.48. The van der Waals surface area contributed by atoms with Crippen LogP contribution in [0.4, 0.5) is 0 Å². The van der Waals surface area contributed by atoms with Crippen LogP contribution in [0.15, 0.2) is 0 Å². The van der Waals surface area contributed by atoms with E-state index in [-0.39, 0.29) is 17.9 Å². The van der Waals surface area contributed by atoms with Gasteiger partial charge >= 0.3 is 0 Å². The molecule has 0 rings (SSSR count). The minimum atomic E-state index is -0.321. The molecule has 0 N–H and O–H groups in total. The molecule has 0 bridgehead atoms. The van der Waals surface area contributed by atoms with Crippen LogP contribution in [0.3, 0.4) is 0 Å². The molecule has 3 nitrogen and oxygen atoms in total. The number of carbonyl (C=O) groups is 1. The molecule has 0 fully saturated rings. The van der Waals surface area contributed by atoms with Crippen LogP contribution in [0.2, 0.25) is 0 Å². The number of hydrogen-bond acceptors (Lipinski definition) is 3. The number of hydrogen-bond donors (Lipinski definition) is 0. The van der Waals surface area contributed by atoms with E-state index in [1.54, 1.807) is 0 Å². The van der Waals surface area contributed by atoms with E-state index in [2.05, 4.69) is 32.6 Å². The highest BCUT2D eigenvalue weighted by atomic mass is 16.5. The fourth-order valence-electron chi connectivity index (χ4n) is 2.43. The molecule has 0 aromatic heterocycles. The number of ether oxygens (including phenoxy) is 1. The van der Waals surface area contributed by atoms with Gasteiger partial charge in [-0.15, -0.1) is 0 Å². The van der Waals surface area contributed by atoms with Gasteiger partial charge in [0.2, 0.25) is 0 Å². The van der Waals surface area contributed by atoms with Crippen LogP contribution < -0.4 is 0 Å². The Morgan fingerprint density at radius 1 is 1.06 bits per heavy atom. The SMILES string of the molecule is CCOCC(=O)C(CC)(CC)N(CC)CC. The van der Waals surface area contributed by atoms with Crippen molar-refractivity contribution in [2.24, 2.45) is 0 Å². The van der Waals surface area contributed by atoms with Gasteiger partial charge in [-0.3, -0.25) is 9.69 Å². The van der Waals surface area contributed by atoms with Crippen molar-refractivity contribution in [2.75, 3.05) is 26.3 Å². The molecule has 0 aliphatic rings. The summed E-state index contributed by atoms with van der Waals surface area (Å²) in [6.45, 7) is 13.0. The maximum absolute atomic E-state index is 12.3. The lowest BCUT2D eigenvalue weighted by Gasteiger charge is -2.40. The lowest BCUT2D eigenvalue weighted by Crippen LogP contribution is -2.55. The number of carbonyl (C=O) groups excluding carboxylic acids is 1. The topological polar surface area (TPSA) is 29.5 Å². The maximum Gasteiger partial charge on any atom is 0.178 e. The van der Waals surface area contributed by atoms with E-state index < -0.39 is 0 Å². The van der Waals surface area contributed by atoms with Crippen LogP contribution in [0.1, 0.15) is 47.5 Å². The summed E-state index contributed by atoms with van der Waals surface area (Å²) in [6.07, 6.45) is 1.72. The summed E-state index contributed by atoms with van der Waals surface area (Å²) in [7, 11) is 0. The fraction of sp³-hybridized carbons (Fsp3) is 0.923. The minimum Gasteiger partial charge on any atom is -0.374 e. The van der Waals surface area contributed by atoms with Gasteiger partial charge < -0.3 is 4.74 Å². The molecule has 16 heavy (non-hydrogen) atoms. The number of ketones is 1. The second-order valence-electron chi connectivity index (χ2n) is 3.97. The van der Waals surface area contributed by atoms with E-state index in [9.17, 15) is 4.79 Å². The second-order valence-corrected chi connectivity index (χ2v) is 3.97. The van der Waals surface area contributed by atoms with E-state index >= 15 is 0 Å². The van der Waals surface area contributed by atoms with Crippen molar-refractivity contribution in [1.82, 2.24) is 4.90 Å². The molecule has 0 saturated carbocycles. The average Bonchev–Trinajstić information content (AvgIpc) is 2.33. The normalized spacial score (nSPS) is 12.1. The van der Waals surface area contributed by atoms with Gasteiger partial charge in [0.1, 0.15) is 6.61 Å². The van der Waals surface area contributed by atoms with Gasteiger partial charge in [0.05, 0.1) is 5.54 Å². The summed E-state index contributed by atoms with van der Waals surface area (Å²) in [5, 5.41) is 0. The number of rotatable bonds is 9. The quantitative estimate of drug-likeness (QED) is 0.608. The highest BCUT2D eigenvalue weighted by Crippen LogP contribution is 2.25. The summed E-state index contributed by atoms with van der Waals surface area (Å²) in [6, 6.07) is 0. The van der Waals surface area contributed by atoms with Crippen LogP contribution >= 0.6 is 0 Å². The molecule has 3 heteroatoms. The van der Waals surface area contributed by atoms with Crippen molar-refractivity contribution in [3.8, 4) is 0 Å². The average molecular weight is 229 g/mol. The molecule has 96 valence electrons. The zero-order valence-electron chi connectivity index (χ0n) is 11.5. The lowest BCUT2D eigenvalue weighted by molar-refractivity contribution is -0.136. The van der Waals surface area contributed by atoms with Gasteiger partial charge in [0, 0.05) is 6.61 Å². The van der Waals surface area contributed by atoms with E-state index in [1.807, 2.05) is 6.92 Å². The third-order valence-corrected chi connectivity index (χ3v) is 3.49. The largest absolute Gasteiger partial charge is 0.374 e. The van der Waals surface area contributed by atoms with Gasteiger partial charge in [0.25, 0.3) is 0 Å². The summed E-state index contributed by atoms with van der Waals surface area (Å²) in [5.41, 5.74) is -0.321. The zero-order chi connectivity index (χ0) is 12.6. The van der Waals surface area contributed by atoms with Gasteiger partial charge in [-0.05, 0) is 32.9 Å². The van der Waals surface area contributed by atoms with Crippen LogP contribution in [-0.4, -0.2) is 42.5 Å². The Morgan fingerprint density at radius 2 is 1.56 bits per heavy atom. The second kappa shape index (κ2) is 7.80. The Hall–Kier alpha value is -0.410. The standard InChI is InChI=1S/C13H27NO2/c1-6-13(7-2,14(8-3)9-4)12(15)11-16-10-5/h6-11H2,1-5H3. The van der Waals surface area contributed by atoms with Crippen molar-refractivity contribution in [3.05, 3.63) is 0 Å². The van der Waals surface area contributed by atoms with E-state index in [0.717, 1.165) is 25.9 Å². The predicted octanol–water partition coefficient (Wildman–Crippen LogP) is 2.49. The highest BCUT2D eigenvalue weighted by molar-refractivity contribution is 5.89. The summed E-state index contributed by atoms with van der Waals surface area (Å²) in [4.78, 5) is 14.5. The van der Waals surface area contributed by atoms with Crippen LogP contribution in [0.25, 0.3) is 0 Å². The third-order valence-electron chi connectivity index (χ3n) is 3.49. The first kappa shape index (κ1) is 15.6. The molecule has 0 aliphatic carbocycles. The molecule has 0 radical (unpaired) electrons. The number of nitrogens with zero attached hydrogens (tertiary/aromatic N) is 1. The Kier molecular flexibility index (Phi) is 7.60.